The van der Waals surface area contributed by atoms with Crippen LogP contribution in [0, 0.1) is 11.8 Å². The highest BCUT2D eigenvalue weighted by Crippen LogP contribution is 2.47. The minimum Gasteiger partial charge on any atom is -0.464 e. The van der Waals surface area contributed by atoms with Gasteiger partial charge in [0.15, 0.2) is 0 Å². The number of hydrogen-bond acceptors (Lipinski definition) is 3. The van der Waals surface area contributed by atoms with E-state index in [-0.39, 0.29) is 0 Å². The summed E-state index contributed by atoms with van der Waals surface area (Å²) in [5, 5.41) is 3.60. The predicted molar refractivity (Wildman–Crippen MR) is 75.1 cm³/mol. The third-order valence-electron chi connectivity index (χ3n) is 4.73. The zero-order chi connectivity index (χ0) is 13.2. The summed E-state index contributed by atoms with van der Waals surface area (Å²) in [7, 11) is 0. The highest BCUT2D eigenvalue weighted by Gasteiger charge is 2.36. The zero-order valence-electron chi connectivity index (χ0n) is 12.0. The standard InChI is InChI=1S/C16H25NO2/c1-11-9-15(11)16-4-3-14(19-16)10-17-12(2)13-5-7-18-8-6-13/h3-4,11-13,15,17H,5-10H2,1-2H3. The average Bonchev–Trinajstić information content (AvgIpc) is 3.00. The Bertz CT molecular complexity index is 409. The first-order valence-electron chi connectivity index (χ1n) is 7.64. The summed E-state index contributed by atoms with van der Waals surface area (Å²) in [6.07, 6.45) is 3.65. The second-order valence-corrected chi connectivity index (χ2v) is 6.24. The molecule has 0 aromatic carbocycles. The molecule has 1 saturated carbocycles. The van der Waals surface area contributed by atoms with E-state index in [0.29, 0.717) is 12.0 Å². The molecule has 19 heavy (non-hydrogen) atoms. The van der Waals surface area contributed by atoms with Gasteiger partial charge in [0.25, 0.3) is 0 Å². The van der Waals surface area contributed by atoms with Crippen LogP contribution < -0.4 is 5.32 Å². The van der Waals surface area contributed by atoms with E-state index >= 15 is 0 Å². The fourth-order valence-corrected chi connectivity index (χ4v) is 3.05. The largest absolute Gasteiger partial charge is 0.464 e. The van der Waals surface area contributed by atoms with Crippen LogP contribution in [0.2, 0.25) is 0 Å². The molecule has 1 aromatic heterocycles. The highest BCUT2D eigenvalue weighted by molar-refractivity contribution is 5.17. The van der Waals surface area contributed by atoms with Crippen molar-refractivity contribution in [2.45, 2.75) is 51.6 Å². The topological polar surface area (TPSA) is 34.4 Å². The van der Waals surface area contributed by atoms with Crippen molar-refractivity contribution in [1.82, 2.24) is 5.32 Å². The van der Waals surface area contributed by atoms with Crippen LogP contribution in [0.25, 0.3) is 0 Å². The first-order chi connectivity index (χ1) is 9.24. The van der Waals surface area contributed by atoms with Gasteiger partial charge < -0.3 is 14.5 Å². The lowest BCUT2D eigenvalue weighted by Crippen LogP contribution is -2.36. The van der Waals surface area contributed by atoms with Gasteiger partial charge in [-0.2, -0.15) is 0 Å². The first kappa shape index (κ1) is 13.2. The van der Waals surface area contributed by atoms with Crippen LogP contribution >= 0.6 is 0 Å². The van der Waals surface area contributed by atoms with E-state index in [2.05, 4.69) is 31.3 Å². The number of ether oxygens (including phenoxy) is 1. The molecule has 1 aromatic rings. The van der Waals surface area contributed by atoms with E-state index in [4.69, 9.17) is 9.15 Å². The molecule has 0 spiro atoms. The number of furan rings is 1. The fraction of sp³-hybridized carbons (Fsp3) is 0.750. The molecular weight excluding hydrogens is 238 g/mol. The SMILES string of the molecule is CC1CC1c1ccc(CNC(C)C2CCOCC2)o1. The molecule has 1 N–H and O–H groups in total. The highest BCUT2D eigenvalue weighted by atomic mass is 16.5. The van der Waals surface area contributed by atoms with Crippen LogP contribution in [0.4, 0.5) is 0 Å². The fourth-order valence-electron chi connectivity index (χ4n) is 3.05. The van der Waals surface area contributed by atoms with Crippen LogP contribution in [0.3, 0.4) is 0 Å². The van der Waals surface area contributed by atoms with Gasteiger partial charge in [-0.1, -0.05) is 6.92 Å². The van der Waals surface area contributed by atoms with Crippen molar-refractivity contribution in [1.29, 1.82) is 0 Å². The molecule has 2 heterocycles. The first-order valence-corrected chi connectivity index (χ1v) is 7.64. The molecule has 1 saturated heterocycles. The van der Waals surface area contributed by atoms with Crippen molar-refractivity contribution in [2.75, 3.05) is 13.2 Å². The summed E-state index contributed by atoms with van der Waals surface area (Å²) in [6.45, 7) is 7.25. The van der Waals surface area contributed by atoms with Crippen LogP contribution in [-0.4, -0.2) is 19.3 Å². The van der Waals surface area contributed by atoms with Gasteiger partial charge in [0, 0.05) is 25.2 Å². The molecule has 3 rings (SSSR count). The van der Waals surface area contributed by atoms with Crippen molar-refractivity contribution >= 4 is 0 Å². The predicted octanol–water partition coefficient (Wildman–Crippen LogP) is 3.31. The lowest BCUT2D eigenvalue weighted by atomic mass is 9.93. The molecule has 3 unspecified atom stereocenters. The van der Waals surface area contributed by atoms with Gasteiger partial charge in [-0.15, -0.1) is 0 Å². The van der Waals surface area contributed by atoms with Crippen LogP contribution in [-0.2, 0) is 11.3 Å². The van der Waals surface area contributed by atoms with Gasteiger partial charge in [0.1, 0.15) is 11.5 Å². The Hall–Kier alpha value is -0.800. The third kappa shape index (κ3) is 3.21. The van der Waals surface area contributed by atoms with E-state index in [1.165, 1.54) is 25.0 Å². The Labute approximate surface area is 115 Å². The Kier molecular flexibility index (Phi) is 3.94. The monoisotopic (exact) mass is 263 g/mol. The summed E-state index contributed by atoms with van der Waals surface area (Å²) in [5.74, 6) is 4.50. The molecule has 3 atom stereocenters. The average molecular weight is 263 g/mol. The molecule has 3 nitrogen and oxygen atoms in total. The molecule has 0 amide bonds. The maximum Gasteiger partial charge on any atom is 0.117 e. The number of rotatable bonds is 5. The van der Waals surface area contributed by atoms with E-state index in [9.17, 15) is 0 Å². The molecule has 106 valence electrons. The summed E-state index contributed by atoms with van der Waals surface area (Å²) in [4.78, 5) is 0. The minimum absolute atomic E-state index is 0.539. The lowest BCUT2D eigenvalue weighted by Gasteiger charge is -2.28. The quantitative estimate of drug-likeness (QED) is 0.885. The summed E-state index contributed by atoms with van der Waals surface area (Å²) in [6, 6.07) is 4.83. The molecule has 1 aliphatic heterocycles. The van der Waals surface area contributed by atoms with Gasteiger partial charge in [-0.05, 0) is 50.2 Å². The van der Waals surface area contributed by atoms with Crippen molar-refractivity contribution < 1.29 is 9.15 Å². The molecular formula is C16H25NO2. The maximum absolute atomic E-state index is 5.93. The summed E-state index contributed by atoms with van der Waals surface area (Å²) >= 11 is 0. The van der Waals surface area contributed by atoms with E-state index < -0.39 is 0 Å². The molecule has 2 fully saturated rings. The van der Waals surface area contributed by atoms with Crippen LogP contribution in [0.15, 0.2) is 16.5 Å². The van der Waals surface area contributed by atoms with Crippen LogP contribution in [0.1, 0.15) is 50.5 Å². The van der Waals surface area contributed by atoms with Crippen molar-refractivity contribution in [2.24, 2.45) is 11.8 Å². The van der Waals surface area contributed by atoms with E-state index in [1.54, 1.807) is 0 Å². The van der Waals surface area contributed by atoms with Gasteiger partial charge in [0.2, 0.25) is 0 Å². The molecule has 3 heteroatoms. The molecule has 0 radical (unpaired) electrons. The Balaban J connectivity index is 1.47. The number of hydrogen-bond donors (Lipinski definition) is 1. The minimum atomic E-state index is 0.539. The summed E-state index contributed by atoms with van der Waals surface area (Å²) in [5.41, 5.74) is 0. The zero-order valence-corrected chi connectivity index (χ0v) is 12.0. The Morgan fingerprint density at radius 1 is 1.32 bits per heavy atom. The van der Waals surface area contributed by atoms with Crippen molar-refractivity contribution in [3.63, 3.8) is 0 Å². The lowest BCUT2D eigenvalue weighted by molar-refractivity contribution is 0.0555. The van der Waals surface area contributed by atoms with Gasteiger partial charge in [-0.25, -0.2) is 0 Å². The van der Waals surface area contributed by atoms with Gasteiger partial charge >= 0.3 is 0 Å². The smallest absolute Gasteiger partial charge is 0.117 e. The van der Waals surface area contributed by atoms with Crippen LogP contribution in [0.5, 0.6) is 0 Å². The normalized spacial score (nSPS) is 29.4. The van der Waals surface area contributed by atoms with E-state index in [1.807, 2.05) is 0 Å². The van der Waals surface area contributed by atoms with Gasteiger partial charge in [0.05, 0.1) is 6.54 Å². The second-order valence-electron chi connectivity index (χ2n) is 6.24. The van der Waals surface area contributed by atoms with Crippen molar-refractivity contribution in [3.05, 3.63) is 23.7 Å². The van der Waals surface area contributed by atoms with Crippen molar-refractivity contribution in [3.8, 4) is 0 Å². The maximum atomic E-state index is 5.93. The molecule has 0 bridgehead atoms. The van der Waals surface area contributed by atoms with Gasteiger partial charge in [-0.3, -0.25) is 0 Å². The molecule has 2 aliphatic rings. The summed E-state index contributed by atoms with van der Waals surface area (Å²) < 4.78 is 11.3. The van der Waals surface area contributed by atoms with E-state index in [0.717, 1.165) is 37.4 Å². The Morgan fingerprint density at radius 2 is 2.05 bits per heavy atom. The second kappa shape index (κ2) is 5.68. The molecule has 1 aliphatic carbocycles. The Morgan fingerprint density at radius 3 is 2.74 bits per heavy atom. The number of nitrogens with one attached hydrogen (secondary N) is 1. The third-order valence-corrected chi connectivity index (χ3v) is 4.73.